The van der Waals surface area contributed by atoms with E-state index in [2.05, 4.69) is 4.98 Å². The van der Waals surface area contributed by atoms with Gasteiger partial charge < -0.3 is 4.74 Å². The summed E-state index contributed by atoms with van der Waals surface area (Å²) in [6, 6.07) is 1.43. The molecule has 1 aliphatic carbocycles. The molecule has 2 rings (SSSR count). The average molecular weight is 278 g/mol. The van der Waals surface area contributed by atoms with Crippen molar-refractivity contribution >= 4 is 11.5 Å². The number of carbonyl (C=O) groups is 1. The second kappa shape index (κ2) is 5.19. The van der Waals surface area contributed by atoms with Gasteiger partial charge in [0.2, 0.25) is 0 Å². The molecule has 0 aromatic carbocycles. The van der Waals surface area contributed by atoms with E-state index in [4.69, 9.17) is 4.74 Å². The van der Waals surface area contributed by atoms with Crippen LogP contribution in [0.15, 0.2) is 12.3 Å². The quantitative estimate of drug-likeness (QED) is 0.611. The molecule has 1 aromatic rings. The van der Waals surface area contributed by atoms with Crippen LogP contribution in [0.3, 0.4) is 0 Å². The van der Waals surface area contributed by atoms with Crippen molar-refractivity contribution in [1.82, 2.24) is 4.98 Å². The summed E-state index contributed by atoms with van der Waals surface area (Å²) in [6.07, 6.45) is 2.69. The number of hydrogen-bond acceptors (Lipinski definition) is 5. The Hall–Kier alpha value is -1.98. The van der Waals surface area contributed by atoms with Crippen LogP contribution in [0.2, 0.25) is 0 Å². The number of aryl methyl sites for hydroxylation is 1. The molecular weight excluding hydrogens is 260 g/mol. The third kappa shape index (κ3) is 2.79. The Balaban J connectivity index is 1.98. The molecule has 1 aliphatic rings. The molecule has 0 radical (unpaired) electrons. The number of aromatic nitrogens is 1. The Kier molecular flexibility index (Phi) is 3.74. The van der Waals surface area contributed by atoms with E-state index in [1.165, 1.54) is 12.3 Å². The van der Waals surface area contributed by atoms with Gasteiger partial charge >= 0.3 is 5.69 Å². The van der Waals surface area contributed by atoms with E-state index in [0.717, 1.165) is 0 Å². The number of nitrogens with zero attached hydrogens (tertiary/aromatic N) is 2. The maximum absolute atomic E-state index is 11.5. The van der Waals surface area contributed by atoms with Crippen molar-refractivity contribution in [2.75, 3.05) is 6.61 Å². The summed E-state index contributed by atoms with van der Waals surface area (Å²) in [5.74, 6) is 0.238. The number of ketones is 1. The number of nitro groups is 1. The summed E-state index contributed by atoms with van der Waals surface area (Å²) < 4.78 is 5.40. The Labute approximate surface area is 117 Å². The molecule has 0 aliphatic heterocycles. The van der Waals surface area contributed by atoms with Crippen molar-refractivity contribution in [3.8, 4) is 5.88 Å². The van der Waals surface area contributed by atoms with Gasteiger partial charge in [-0.3, -0.25) is 14.9 Å². The first-order chi connectivity index (χ1) is 9.31. The maximum Gasteiger partial charge on any atom is 0.331 e. The lowest BCUT2D eigenvalue weighted by Crippen LogP contribution is -2.45. The van der Waals surface area contributed by atoms with E-state index in [0.29, 0.717) is 18.4 Å². The van der Waals surface area contributed by atoms with Crippen molar-refractivity contribution in [3.05, 3.63) is 27.9 Å². The number of pyridine rings is 1. The van der Waals surface area contributed by atoms with Crippen LogP contribution < -0.4 is 4.74 Å². The molecule has 1 aromatic heterocycles. The van der Waals surface area contributed by atoms with E-state index in [-0.39, 0.29) is 35.3 Å². The summed E-state index contributed by atoms with van der Waals surface area (Å²) in [4.78, 5) is 25.9. The highest BCUT2D eigenvalue weighted by atomic mass is 16.6. The zero-order chi connectivity index (χ0) is 14.9. The van der Waals surface area contributed by atoms with Gasteiger partial charge in [-0.2, -0.15) is 0 Å². The monoisotopic (exact) mass is 278 g/mol. The molecule has 6 heteroatoms. The topological polar surface area (TPSA) is 82.3 Å². The predicted octanol–water partition coefficient (Wildman–Crippen LogP) is 2.68. The second-order valence-electron chi connectivity index (χ2n) is 5.92. The normalized spacial score (nSPS) is 20.4. The molecule has 6 nitrogen and oxygen atoms in total. The molecule has 0 N–H and O–H groups in total. The van der Waals surface area contributed by atoms with Crippen LogP contribution in [0, 0.1) is 28.4 Å². The van der Waals surface area contributed by atoms with Gasteiger partial charge in [0, 0.05) is 24.6 Å². The van der Waals surface area contributed by atoms with E-state index in [1.54, 1.807) is 6.92 Å². The number of ether oxygens (including phenoxy) is 1. The lowest BCUT2D eigenvalue weighted by atomic mass is 9.60. The van der Waals surface area contributed by atoms with Gasteiger partial charge in [-0.15, -0.1) is 0 Å². The van der Waals surface area contributed by atoms with E-state index in [1.807, 2.05) is 13.8 Å². The zero-order valence-electron chi connectivity index (χ0n) is 11.9. The molecular formula is C14H18N2O4. The highest BCUT2D eigenvalue weighted by Gasteiger charge is 2.45. The maximum atomic E-state index is 11.5. The zero-order valence-corrected chi connectivity index (χ0v) is 11.9. The molecule has 0 saturated heterocycles. The molecule has 20 heavy (non-hydrogen) atoms. The van der Waals surface area contributed by atoms with E-state index < -0.39 is 4.92 Å². The minimum atomic E-state index is -0.506. The number of hydrogen-bond donors (Lipinski definition) is 0. The van der Waals surface area contributed by atoms with Gasteiger partial charge in [0.15, 0.2) is 0 Å². The fourth-order valence-electron chi connectivity index (χ4n) is 2.61. The third-order valence-electron chi connectivity index (χ3n) is 3.77. The summed E-state index contributed by atoms with van der Waals surface area (Å²) in [5, 5.41) is 10.9. The van der Waals surface area contributed by atoms with Gasteiger partial charge in [-0.05, 0) is 24.3 Å². The van der Waals surface area contributed by atoms with E-state index in [9.17, 15) is 14.9 Å². The molecule has 0 bridgehead atoms. The lowest BCUT2D eigenvalue weighted by Gasteiger charge is -2.42. The Bertz CT molecular complexity index is 554. The first kappa shape index (κ1) is 14.4. The Morgan fingerprint density at radius 1 is 1.55 bits per heavy atom. The van der Waals surface area contributed by atoms with Crippen LogP contribution in [-0.4, -0.2) is 22.3 Å². The molecule has 1 atom stereocenters. The molecule has 1 fully saturated rings. The molecule has 108 valence electrons. The second-order valence-corrected chi connectivity index (χ2v) is 5.92. The molecule has 1 heterocycles. The predicted molar refractivity (Wildman–Crippen MR) is 72.6 cm³/mol. The standard InChI is InChI=1S/C14H18N2O4/c1-9-6-11(16(18)19)13(15-8-9)20-5-4-10-12(17)7-14(10,2)3/h6,8,10H,4-5,7H2,1-3H3. The highest BCUT2D eigenvalue weighted by Crippen LogP contribution is 2.44. The summed E-state index contributed by atoms with van der Waals surface area (Å²) in [5.41, 5.74) is 0.580. The minimum Gasteiger partial charge on any atom is -0.473 e. The van der Waals surface area contributed by atoms with Gasteiger partial charge in [0.1, 0.15) is 5.78 Å². The minimum absolute atomic E-state index is 0.00703. The SMILES string of the molecule is Cc1cnc(OCCC2C(=O)CC2(C)C)c([N+](=O)[O-])c1. The van der Waals surface area contributed by atoms with Gasteiger partial charge in [0.05, 0.1) is 11.5 Å². The summed E-state index contributed by atoms with van der Waals surface area (Å²) in [6.45, 7) is 6.09. The van der Waals surface area contributed by atoms with Crippen LogP contribution in [0.5, 0.6) is 5.88 Å². The molecule has 1 unspecified atom stereocenters. The van der Waals surface area contributed by atoms with Crippen LogP contribution in [0.1, 0.15) is 32.3 Å². The lowest BCUT2D eigenvalue weighted by molar-refractivity contribution is -0.386. The van der Waals surface area contributed by atoms with Gasteiger partial charge in [-0.1, -0.05) is 13.8 Å². The van der Waals surface area contributed by atoms with Crippen molar-refractivity contribution in [1.29, 1.82) is 0 Å². The van der Waals surface area contributed by atoms with Crippen molar-refractivity contribution in [2.45, 2.75) is 33.6 Å². The first-order valence-electron chi connectivity index (χ1n) is 6.58. The number of carbonyl (C=O) groups excluding carboxylic acids is 1. The smallest absolute Gasteiger partial charge is 0.331 e. The van der Waals surface area contributed by atoms with Crippen LogP contribution in [0.25, 0.3) is 0 Å². The van der Waals surface area contributed by atoms with Crippen molar-refractivity contribution in [2.24, 2.45) is 11.3 Å². The van der Waals surface area contributed by atoms with Crippen LogP contribution in [-0.2, 0) is 4.79 Å². The molecule has 0 amide bonds. The summed E-state index contributed by atoms with van der Waals surface area (Å²) in [7, 11) is 0. The largest absolute Gasteiger partial charge is 0.473 e. The first-order valence-corrected chi connectivity index (χ1v) is 6.58. The van der Waals surface area contributed by atoms with Gasteiger partial charge in [0.25, 0.3) is 5.88 Å². The molecule has 1 saturated carbocycles. The van der Waals surface area contributed by atoms with Crippen molar-refractivity contribution in [3.63, 3.8) is 0 Å². The third-order valence-corrected chi connectivity index (χ3v) is 3.77. The Morgan fingerprint density at radius 2 is 2.25 bits per heavy atom. The van der Waals surface area contributed by atoms with Gasteiger partial charge in [-0.25, -0.2) is 4.98 Å². The number of Topliss-reactive ketones (excluding diaryl/α,β-unsaturated/α-hetero) is 1. The van der Waals surface area contributed by atoms with E-state index >= 15 is 0 Å². The highest BCUT2D eigenvalue weighted by molar-refractivity contribution is 5.88. The Morgan fingerprint density at radius 3 is 2.80 bits per heavy atom. The average Bonchev–Trinajstić information content (AvgIpc) is 2.34. The number of rotatable bonds is 5. The fourth-order valence-corrected chi connectivity index (χ4v) is 2.61. The summed E-state index contributed by atoms with van der Waals surface area (Å²) >= 11 is 0. The fraction of sp³-hybridized carbons (Fsp3) is 0.571. The van der Waals surface area contributed by atoms with Crippen molar-refractivity contribution < 1.29 is 14.5 Å². The van der Waals surface area contributed by atoms with Crippen LogP contribution >= 0.6 is 0 Å². The van der Waals surface area contributed by atoms with Crippen LogP contribution in [0.4, 0.5) is 5.69 Å². The molecule has 0 spiro atoms.